The molecular weight excluding hydrogens is 377 g/mol. The van der Waals surface area contributed by atoms with Crippen LogP contribution in [0.5, 0.6) is 0 Å². The zero-order chi connectivity index (χ0) is 19.5. The number of halogens is 2. The monoisotopic (exact) mass is 393 g/mol. The average Bonchev–Trinajstić information content (AvgIpc) is 3.02. The van der Waals surface area contributed by atoms with Gasteiger partial charge in [-0.15, -0.1) is 0 Å². The molecule has 0 unspecified atom stereocenters. The van der Waals surface area contributed by atoms with Crippen LogP contribution >= 0.6 is 11.6 Å². The molecule has 1 heterocycles. The van der Waals surface area contributed by atoms with Gasteiger partial charge in [-0.2, -0.15) is 0 Å². The fourth-order valence-corrected chi connectivity index (χ4v) is 3.30. The van der Waals surface area contributed by atoms with E-state index in [9.17, 15) is 9.18 Å². The number of amides is 1. The average molecular weight is 394 g/mol. The lowest BCUT2D eigenvalue weighted by molar-refractivity contribution is -0.116. The van der Waals surface area contributed by atoms with Crippen molar-refractivity contribution < 1.29 is 9.18 Å². The van der Waals surface area contributed by atoms with E-state index in [0.717, 1.165) is 22.4 Å². The van der Waals surface area contributed by atoms with E-state index in [1.165, 1.54) is 18.2 Å². The van der Waals surface area contributed by atoms with Gasteiger partial charge in [0.2, 0.25) is 5.91 Å². The first-order valence-electron chi connectivity index (χ1n) is 8.83. The molecule has 0 aliphatic heterocycles. The topological polar surface area (TPSA) is 46.9 Å². The van der Waals surface area contributed by atoms with Crippen LogP contribution in [0.4, 0.5) is 10.1 Å². The van der Waals surface area contributed by atoms with Crippen molar-refractivity contribution in [2.45, 2.75) is 13.0 Å². The molecule has 0 saturated heterocycles. The van der Waals surface area contributed by atoms with Gasteiger partial charge in [0.05, 0.1) is 16.7 Å². The van der Waals surface area contributed by atoms with Gasteiger partial charge >= 0.3 is 0 Å². The van der Waals surface area contributed by atoms with Gasteiger partial charge in [0.25, 0.3) is 0 Å². The summed E-state index contributed by atoms with van der Waals surface area (Å²) in [4.78, 5) is 17.3. The number of carbonyl (C=O) groups is 1. The van der Waals surface area contributed by atoms with E-state index >= 15 is 0 Å². The number of anilines is 1. The molecule has 1 amide bonds. The molecular formula is C22H17ClFN3O. The number of fused-ring (bicyclic) bond motifs is 1. The predicted octanol–water partition coefficient (Wildman–Crippen LogP) is 5.06. The van der Waals surface area contributed by atoms with E-state index < -0.39 is 5.82 Å². The number of carbonyl (C=O) groups excluding carboxylic acids is 1. The molecule has 140 valence electrons. The standard InChI is InChI=1S/C22H17ClFN3O/c23-16-10-11-18(17(24)13-16)26-22(28)14-27-20-9-5-4-8-19(20)25-21(27)12-15-6-2-1-3-7-15/h1-11,13H,12,14H2,(H,26,28). The van der Waals surface area contributed by atoms with Gasteiger partial charge in [-0.25, -0.2) is 9.37 Å². The molecule has 0 saturated carbocycles. The Kier molecular flexibility index (Phi) is 5.08. The smallest absolute Gasteiger partial charge is 0.244 e. The fraction of sp³-hybridized carbons (Fsp3) is 0.0909. The van der Waals surface area contributed by atoms with Gasteiger partial charge in [0, 0.05) is 11.4 Å². The summed E-state index contributed by atoms with van der Waals surface area (Å²) >= 11 is 5.77. The summed E-state index contributed by atoms with van der Waals surface area (Å²) in [5.41, 5.74) is 2.88. The number of hydrogen-bond donors (Lipinski definition) is 1. The van der Waals surface area contributed by atoms with E-state index in [-0.39, 0.29) is 23.2 Å². The van der Waals surface area contributed by atoms with Crippen LogP contribution in [0.15, 0.2) is 72.8 Å². The van der Waals surface area contributed by atoms with Crippen LogP contribution in [-0.4, -0.2) is 15.5 Å². The van der Waals surface area contributed by atoms with Crippen LogP contribution in [0, 0.1) is 5.82 Å². The molecule has 0 aliphatic carbocycles. The Labute approximate surface area is 166 Å². The Balaban J connectivity index is 1.63. The Morgan fingerprint density at radius 3 is 2.57 bits per heavy atom. The Morgan fingerprint density at radius 2 is 1.79 bits per heavy atom. The van der Waals surface area contributed by atoms with E-state index in [0.29, 0.717) is 6.42 Å². The van der Waals surface area contributed by atoms with E-state index in [4.69, 9.17) is 11.6 Å². The maximum atomic E-state index is 14.0. The third-order valence-electron chi connectivity index (χ3n) is 4.45. The predicted molar refractivity (Wildman–Crippen MR) is 109 cm³/mol. The molecule has 4 aromatic rings. The largest absolute Gasteiger partial charge is 0.322 e. The molecule has 0 bridgehead atoms. The summed E-state index contributed by atoms with van der Waals surface area (Å²) in [5.74, 6) is -0.126. The lowest BCUT2D eigenvalue weighted by Gasteiger charge is -2.11. The van der Waals surface area contributed by atoms with Gasteiger partial charge in [0.15, 0.2) is 0 Å². The Bertz CT molecular complexity index is 1140. The van der Waals surface area contributed by atoms with Crippen molar-refractivity contribution in [2.24, 2.45) is 0 Å². The van der Waals surface area contributed by atoms with Crippen molar-refractivity contribution in [3.05, 3.63) is 95.0 Å². The highest BCUT2D eigenvalue weighted by atomic mass is 35.5. The van der Waals surface area contributed by atoms with Crippen LogP contribution in [0.1, 0.15) is 11.4 Å². The highest BCUT2D eigenvalue weighted by Gasteiger charge is 2.15. The van der Waals surface area contributed by atoms with Gasteiger partial charge in [-0.05, 0) is 35.9 Å². The Morgan fingerprint density at radius 1 is 1.04 bits per heavy atom. The molecule has 0 fully saturated rings. The zero-order valence-corrected chi connectivity index (χ0v) is 15.7. The van der Waals surface area contributed by atoms with Crippen molar-refractivity contribution in [2.75, 3.05) is 5.32 Å². The molecule has 0 radical (unpaired) electrons. The number of aromatic nitrogens is 2. The molecule has 4 rings (SSSR count). The van der Waals surface area contributed by atoms with Gasteiger partial charge in [-0.3, -0.25) is 4.79 Å². The van der Waals surface area contributed by atoms with E-state index in [1.807, 2.05) is 59.2 Å². The second-order valence-corrected chi connectivity index (χ2v) is 6.87. The highest BCUT2D eigenvalue weighted by Crippen LogP contribution is 2.21. The molecule has 0 atom stereocenters. The maximum Gasteiger partial charge on any atom is 0.244 e. The summed E-state index contributed by atoms with van der Waals surface area (Å²) in [7, 11) is 0. The maximum absolute atomic E-state index is 14.0. The molecule has 4 nitrogen and oxygen atoms in total. The quantitative estimate of drug-likeness (QED) is 0.515. The van der Waals surface area contributed by atoms with Gasteiger partial charge in [-0.1, -0.05) is 54.1 Å². The minimum absolute atomic E-state index is 0.0325. The minimum atomic E-state index is -0.569. The number of para-hydroxylation sites is 2. The summed E-state index contributed by atoms with van der Waals surface area (Å²) in [6.07, 6.45) is 0.595. The van der Waals surface area contributed by atoms with E-state index in [2.05, 4.69) is 10.3 Å². The lowest BCUT2D eigenvalue weighted by atomic mass is 10.1. The second-order valence-electron chi connectivity index (χ2n) is 6.44. The number of nitrogens with zero attached hydrogens (tertiary/aromatic N) is 2. The first-order chi connectivity index (χ1) is 13.6. The first-order valence-corrected chi connectivity index (χ1v) is 9.21. The number of imidazole rings is 1. The molecule has 6 heteroatoms. The van der Waals surface area contributed by atoms with Crippen LogP contribution in [0.2, 0.25) is 5.02 Å². The normalized spacial score (nSPS) is 10.9. The van der Waals surface area contributed by atoms with Crippen molar-refractivity contribution in [3.8, 4) is 0 Å². The number of hydrogen-bond acceptors (Lipinski definition) is 2. The van der Waals surface area contributed by atoms with Crippen LogP contribution in [0.25, 0.3) is 11.0 Å². The van der Waals surface area contributed by atoms with Crippen LogP contribution in [0.3, 0.4) is 0 Å². The second kappa shape index (κ2) is 7.82. The third kappa shape index (κ3) is 3.89. The first kappa shape index (κ1) is 18.2. The van der Waals surface area contributed by atoms with Gasteiger partial charge < -0.3 is 9.88 Å². The lowest BCUT2D eigenvalue weighted by Crippen LogP contribution is -2.21. The van der Waals surface area contributed by atoms with E-state index in [1.54, 1.807) is 0 Å². The molecule has 0 spiro atoms. The SMILES string of the molecule is O=C(Cn1c(Cc2ccccc2)nc2ccccc21)Nc1ccc(Cl)cc1F. The highest BCUT2D eigenvalue weighted by molar-refractivity contribution is 6.30. The minimum Gasteiger partial charge on any atom is -0.322 e. The molecule has 28 heavy (non-hydrogen) atoms. The fourth-order valence-electron chi connectivity index (χ4n) is 3.14. The van der Waals surface area contributed by atoms with Crippen molar-refractivity contribution >= 4 is 34.2 Å². The number of benzene rings is 3. The zero-order valence-electron chi connectivity index (χ0n) is 14.9. The number of nitrogens with one attached hydrogen (secondary N) is 1. The van der Waals surface area contributed by atoms with Crippen LogP contribution < -0.4 is 5.32 Å². The Hall–Kier alpha value is -3.18. The van der Waals surface area contributed by atoms with Crippen molar-refractivity contribution in [1.82, 2.24) is 9.55 Å². The summed E-state index contributed by atoms with van der Waals surface area (Å²) in [6.45, 7) is 0.0325. The summed E-state index contributed by atoms with van der Waals surface area (Å²) in [5, 5.41) is 2.89. The third-order valence-corrected chi connectivity index (χ3v) is 4.68. The molecule has 1 N–H and O–H groups in total. The summed E-state index contributed by atoms with van der Waals surface area (Å²) in [6, 6.07) is 21.8. The molecule has 0 aliphatic rings. The summed E-state index contributed by atoms with van der Waals surface area (Å²) < 4.78 is 15.9. The van der Waals surface area contributed by atoms with Gasteiger partial charge in [0.1, 0.15) is 18.2 Å². The molecule has 1 aromatic heterocycles. The molecule has 3 aromatic carbocycles. The number of rotatable bonds is 5. The van der Waals surface area contributed by atoms with Crippen molar-refractivity contribution in [1.29, 1.82) is 0 Å². The van der Waals surface area contributed by atoms with Crippen LogP contribution in [-0.2, 0) is 17.8 Å². The van der Waals surface area contributed by atoms with Crippen molar-refractivity contribution in [3.63, 3.8) is 0 Å².